The number of nitrogens with zero attached hydrogens (tertiary/aromatic N) is 1. The summed E-state index contributed by atoms with van der Waals surface area (Å²) in [5, 5.41) is 0. The molecule has 1 aliphatic carbocycles. The van der Waals surface area contributed by atoms with Gasteiger partial charge in [-0.1, -0.05) is 50.1 Å². The lowest BCUT2D eigenvalue weighted by Gasteiger charge is -2.47. The summed E-state index contributed by atoms with van der Waals surface area (Å²) in [4.78, 5) is 15.6. The van der Waals surface area contributed by atoms with Crippen molar-refractivity contribution >= 4 is 15.7 Å². The van der Waals surface area contributed by atoms with Gasteiger partial charge in [-0.3, -0.25) is 4.79 Å². The van der Waals surface area contributed by atoms with E-state index in [0.717, 1.165) is 19.4 Å². The van der Waals surface area contributed by atoms with Gasteiger partial charge in [0.1, 0.15) is 0 Å². The standard InChI is InChI=1S/C24H29NO3S/c1-18-15-16-25(23-10-6-5-9-22(18)23)24(26)20-13-11-19(12-14-20)17-29(27,28)21-7-3-2-4-8-21/h2-4,7-8,11-14,18,22-23H,5-6,9-10,15-17H2,1H3/t18-,22-,23-/m1/s1. The number of sulfone groups is 1. The highest BCUT2D eigenvalue weighted by Crippen LogP contribution is 2.39. The van der Waals surface area contributed by atoms with E-state index >= 15 is 0 Å². The van der Waals surface area contributed by atoms with Crippen LogP contribution in [0.2, 0.25) is 0 Å². The molecule has 1 saturated carbocycles. The monoisotopic (exact) mass is 411 g/mol. The minimum atomic E-state index is -3.38. The van der Waals surface area contributed by atoms with E-state index < -0.39 is 9.84 Å². The summed E-state index contributed by atoms with van der Waals surface area (Å²) >= 11 is 0. The van der Waals surface area contributed by atoms with Crippen molar-refractivity contribution in [2.24, 2.45) is 11.8 Å². The van der Waals surface area contributed by atoms with Crippen LogP contribution in [0.3, 0.4) is 0 Å². The third-order valence-corrected chi connectivity index (χ3v) is 8.36. The highest BCUT2D eigenvalue weighted by Gasteiger charge is 2.39. The molecule has 0 bridgehead atoms. The Hall–Kier alpha value is -2.14. The van der Waals surface area contributed by atoms with E-state index in [9.17, 15) is 13.2 Å². The van der Waals surface area contributed by atoms with Crippen LogP contribution in [0.5, 0.6) is 0 Å². The SMILES string of the molecule is C[C@@H]1CCN(C(=O)c2ccc(CS(=O)(=O)c3ccccc3)cc2)[C@@H]2CCCC[C@H]12. The summed E-state index contributed by atoms with van der Waals surface area (Å²) in [6.07, 6.45) is 5.88. The van der Waals surface area contributed by atoms with E-state index in [0.29, 0.717) is 33.9 Å². The Bertz CT molecular complexity index is 953. The Morgan fingerprint density at radius 3 is 2.38 bits per heavy atom. The number of hydrogen-bond acceptors (Lipinski definition) is 3. The average molecular weight is 412 g/mol. The van der Waals surface area contributed by atoms with Crippen LogP contribution < -0.4 is 0 Å². The van der Waals surface area contributed by atoms with Crippen LogP contribution in [0, 0.1) is 11.8 Å². The summed E-state index contributed by atoms with van der Waals surface area (Å²) in [5.41, 5.74) is 1.36. The number of benzene rings is 2. The van der Waals surface area contributed by atoms with Crippen molar-refractivity contribution in [2.45, 2.75) is 55.7 Å². The average Bonchev–Trinajstić information content (AvgIpc) is 2.75. The van der Waals surface area contributed by atoms with Crippen LogP contribution >= 0.6 is 0 Å². The normalized spacial score (nSPS) is 24.7. The molecular formula is C24H29NO3S. The molecule has 1 aliphatic heterocycles. The van der Waals surface area contributed by atoms with Gasteiger partial charge in [0, 0.05) is 18.2 Å². The molecule has 0 unspecified atom stereocenters. The first kappa shape index (κ1) is 20.1. The third-order valence-electron chi connectivity index (χ3n) is 6.66. The fourth-order valence-corrected chi connectivity index (χ4v) is 6.38. The predicted molar refractivity (Wildman–Crippen MR) is 114 cm³/mol. The van der Waals surface area contributed by atoms with Gasteiger partial charge in [0.15, 0.2) is 9.84 Å². The number of fused-ring (bicyclic) bond motifs is 1. The largest absolute Gasteiger partial charge is 0.335 e. The second kappa shape index (κ2) is 8.31. The first-order valence-electron chi connectivity index (χ1n) is 10.6. The van der Waals surface area contributed by atoms with Crippen molar-refractivity contribution in [3.63, 3.8) is 0 Å². The number of carbonyl (C=O) groups excluding carboxylic acids is 1. The van der Waals surface area contributed by atoms with Gasteiger partial charge in [-0.2, -0.15) is 0 Å². The zero-order valence-corrected chi connectivity index (χ0v) is 17.8. The van der Waals surface area contributed by atoms with E-state index in [4.69, 9.17) is 0 Å². The van der Waals surface area contributed by atoms with Crippen molar-refractivity contribution < 1.29 is 13.2 Å². The highest BCUT2D eigenvalue weighted by atomic mass is 32.2. The third kappa shape index (κ3) is 4.25. The number of hydrogen-bond donors (Lipinski definition) is 0. The van der Waals surface area contributed by atoms with Crippen LogP contribution in [0.4, 0.5) is 0 Å². The van der Waals surface area contributed by atoms with Crippen LogP contribution in [-0.2, 0) is 15.6 Å². The van der Waals surface area contributed by atoms with E-state index in [-0.39, 0.29) is 11.7 Å². The maximum Gasteiger partial charge on any atom is 0.254 e. The van der Waals surface area contributed by atoms with E-state index in [2.05, 4.69) is 11.8 Å². The van der Waals surface area contributed by atoms with E-state index in [1.54, 1.807) is 54.6 Å². The van der Waals surface area contributed by atoms with Crippen molar-refractivity contribution in [3.05, 3.63) is 65.7 Å². The maximum atomic E-state index is 13.2. The van der Waals surface area contributed by atoms with Gasteiger partial charge in [-0.15, -0.1) is 0 Å². The molecule has 29 heavy (non-hydrogen) atoms. The lowest BCUT2D eigenvalue weighted by atomic mass is 9.72. The zero-order chi connectivity index (χ0) is 20.4. The Morgan fingerprint density at radius 1 is 0.966 bits per heavy atom. The predicted octanol–water partition coefficient (Wildman–Crippen LogP) is 4.70. The number of rotatable bonds is 4. The minimum Gasteiger partial charge on any atom is -0.335 e. The Morgan fingerprint density at radius 2 is 1.66 bits per heavy atom. The Balaban J connectivity index is 1.48. The van der Waals surface area contributed by atoms with Crippen molar-refractivity contribution in [1.82, 2.24) is 4.90 Å². The van der Waals surface area contributed by atoms with Crippen LogP contribution in [0.25, 0.3) is 0 Å². The molecule has 0 aromatic heterocycles. The van der Waals surface area contributed by atoms with E-state index in [1.807, 2.05) is 0 Å². The fraction of sp³-hybridized carbons (Fsp3) is 0.458. The quantitative estimate of drug-likeness (QED) is 0.733. The van der Waals surface area contributed by atoms with Gasteiger partial charge in [0.25, 0.3) is 5.91 Å². The number of amides is 1. The summed E-state index contributed by atoms with van der Waals surface area (Å²) in [5.74, 6) is 1.34. The molecule has 4 nitrogen and oxygen atoms in total. The van der Waals surface area contributed by atoms with Gasteiger partial charge in [0.05, 0.1) is 10.6 Å². The van der Waals surface area contributed by atoms with Crippen LogP contribution in [0.1, 0.15) is 54.9 Å². The van der Waals surface area contributed by atoms with Gasteiger partial charge in [0.2, 0.25) is 0 Å². The van der Waals surface area contributed by atoms with Gasteiger partial charge >= 0.3 is 0 Å². The molecule has 2 fully saturated rings. The number of piperidine rings is 1. The molecule has 1 saturated heterocycles. The second-order valence-corrected chi connectivity index (χ2v) is 10.5. The molecule has 2 aromatic rings. The Labute approximate surface area is 173 Å². The lowest BCUT2D eigenvalue weighted by Crippen LogP contribution is -2.52. The first-order valence-corrected chi connectivity index (χ1v) is 12.3. The summed E-state index contributed by atoms with van der Waals surface area (Å²) in [6, 6.07) is 16.0. The van der Waals surface area contributed by atoms with Crippen LogP contribution in [0.15, 0.2) is 59.5 Å². The van der Waals surface area contributed by atoms with Gasteiger partial charge in [-0.05, 0) is 60.9 Å². The molecule has 0 radical (unpaired) electrons. The molecule has 3 atom stereocenters. The molecule has 4 rings (SSSR count). The maximum absolute atomic E-state index is 13.2. The summed E-state index contributed by atoms with van der Waals surface area (Å²) in [6.45, 7) is 3.15. The summed E-state index contributed by atoms with van der Waals surface area (Å²) < 4.78 is 25.2. The topological polar surface area (TPSA) is 54.5 Å². The van der Waals surface area contributed by atoms with Crippen molar-refractivity contribution in [3.8, 4) is 0 Å². The second-order valence-electron chi connectivity index (χ2n) is 8.55. The fourth-order valence-electron chi connectivity index (χ4n) is 5.01. The molecule has 0 spiro atoms. The van der Waals surface area contributed by atoms with Crippen molar-refractivity contribution in [2.75, 3.05) is 6.54 Å². The molecule has 0 N–H and O–H groups in total. The molecule has 1 heterocycles. The number of carbonyl (C=O) groups is 1. The molecule has 1 amide bonds. The first-order chi connectivity index (χ1) is 14.0. The smallest absolute Gasteiger partial charge is 0.254 e. The molecule has 2 aromatic carbocycles. The van der Waals surface area contributed by atoms with Crippen molar-refractivity contribution in [1.29, 1.82) is 0 Å². The van der Waals surface area contributed by atoms with Gasteiger partial charge < -0.3 is 4.90 Å². The molecule has 5 heteroatoms. The summed E-state index contributed by atoms with van der Waals surface area (Å²) in [7, 11) is -3.38. The Kier molecular flexibility index (Phi) is 5.77. The lowest BCUT2D eigenvalue weighted by molar-refractivity contribution is 0.0218. The minimum absolute atomic E-state index is 0.0581. The molecule has 154 valence electrons. The zero-order valence-electron chi connectivity index (χ0n) is 17.0. The highest BCUT2D eigenvalue weighted by molar-refractivity contribution is 7.90. The van der Waals surface area contributed by atoms with Crippen LogP contribution in [-0.4, -0.2) is 31.8 Å². The van der Waals surface area contributed by atoms with Gasteiger partial charge in [-0.25, -0.2) is 8.42 Å². The molecular weight excluding hydrogens is 382 g/mol. The van der Waals surface area contributed by atoms with E-state index in [1.165, 1.54) is 19.3 Å². The molecule has 2 aliphatic rings. The number of likely N-dealkylation sites (tertiary alicyclic amines) is 1.